The molecule has 1 heterocycles. The summed E-state index contributed by atoms with van der Waals surface area (Å²) in [6, 6.07) is 7.89. The summed E-state index contributed by atoms with van der Waals surface area (Å²) in [5.41, 5.74) is 2.80. The molecule has 1 fully saturated rings. The summed E-state index contributed by atoms with van der Waals surface area (Å²) in [5, 5.41) is 3.23. The molecule has 32 heavy (non-hydrogen) atoms. The predicted molar refractivity (Wildman–Crippen MR) is 127 cm³/mol. The quantitative estimate of drug-likeness (QED) is 0.641. The van der Waals surface area contributed by atoms with E-state index in [1.165, 1.54) is 10.4 Å². The Balaban J connectivity index is 1.95. The average molecular weight is 478 g/mol. The van der Waals surface area contributed by atoms with Crippen molar-refractivity contribution in [3.05, 3.63) is 52.0 Å². The summed E-state index contributed by atoms with van der Waals surface area (Å²) in [5.74, 6) is -0.431. The number of sulfonamides is 1. The molecule has 0 aliphatic carbocycles. The summed E-state index contributed by atoms with van der Waals surface area (Å²) in [6.45, 7) is 8.49. The number of anilines is 2. The van der Waals surface area contributed by atoms with Crippen LogP contribution in [0.1, 0.15) is 48.2 Å². The molecular formula is C23H28ClN3O4S. The van der Waals surface area contributed by atoms with Crippen molar-refractivity contribution >= 4 is 44.8 Å². The Bertz CT molecular complexity index is 1160. The maximum Gasteiger partial charge on any atom is 0.255 e. The van der Waals surface area contributed by atoms with Gasteiger partial charge in [0.1, 0.15) is 0 Å². The second-order valence-electron chi connectivity index (χ2n) is 7.77. The number of amides is 2. The van der Waals surface area contributed by atoms with Crippen LogP contribution in [0.4, 0.5) is 11.4 Å². The molecule has 2 amide bonds. The third kappa shape index (κ3) is 4.67. The van der Waals surface area contributed by atoms with Crippen LogP contribution in [0, 0.1) is 13.8 Å². The molecule has 2 aromatic carbocycles. The van der Waals surface area contributed by atoms with E-state index in [1.807, 2.05) is 13.8 Å². The molecule has 9 heteroatoms. The van der Waals surface area contributed by atoms with Crippen molar-refractivity contribution in [1.29, 1.82) is 0 Å². The molecule has 0 bridgehead atoms. The predicted octanol–water partition coefficient (Wildman–Crippen LogP) is 4.37. The zero-order valence-electron chi connectivity index (χ0n) is 18.7. The number of aryl methyl sites for hydroxylation is 1. The summed E-state index contributed by atoms with van der Waals surface area (Å²) < 4.78 is 27.4. The van der Waals surface area contributed by atoms with E-state index in [0.717, 1.165) is 17.5 Å². The maximum atomic E-state index is 13.0. The number of halogens is 1. The van der Waals surface area contributed by atoms with Crippen LogP contribution in [0.2, 0.25) is 5.02 Å². The number of hydrogen-bond acceptors (Lipinski definition) is 4. The molecule has 3 rings (SSSR count). The molecule has 2 aromatic rings. The fraction of sp³-hybridized carbons (Fsp3) is 0.391. The summed E-state index contributed by atoms with van der Waals surface area (Å²) in [4.78, 5) is 26.9. The van der Waals surface area contributed by atoms with Crippen LogP contribution in [0.5, 0.6) is 0 Å². The summed E-state index contributed by atoms with van der Waals surface area (Å²) in [7, 11) is -3.67. The van der Waals surface area contributed by atoms with Crippen LogP contribution >= 0.6 is 11.6 Å². The SMILES string of the molecule is CCN(CC)S(=O)(=O)c1cc(C)c(C)c(NC(=O)c2ccc(Cl)c(N3CCCC3=O)c2)c1. The molecule has 0 spiro atoms. The second kappa shape index (κ2) is 9.60. The van der Waals surface area contributed by atoms with Gasteiger partial charge in [-0.15, -0.1) is 0 Å². The van der Waals surface area contributed by atoms with Crippen molar-refractivity contribution < 1.29 is 18.0 Å². The lowest BCUT2D eigenvalue weighted by atomic mass is 10.1. The number of hydrogen-bond donors (Lipinski definition) is 1. The largest absolute Gasteiger partial charge is 0.322 e. The minimum absolute atomic E-state index is 0.0229. The number of benzene rings is 2. The highest BCUT2D eigenvalue weighted by molar-refractivity contribution is 7.89. The Morgan fingerprint density at radius 1 is 1.16 bits per heavy atom. The minimum Gasteiger partial charge on any atom is -0.322 e. The van der Waals surface area contributed by atoms with E-state index >= 15 is 0 Å². The Morgan fingerprint density at radius 2 is 1.84 bits per heavy atom. The molecule has 0 aromatic heterocycles. The zero-order valence-corrected chi connectivity index (χ0v) is 20.3. The van der Waals surface area contributed by atoms with Gasteiger partial charge in [0.25, 0.3) is 5.91 Å². The summed E-state index contributed by atoms with van der Waals surface area (Å²) in [6.07, 6.45) is 1.21. The molecule has 0 saturated carbocycles. The van der Waals surface area contributed by atoms with Gasteiger partial charge in [0, 0.05) is 37.3 Å². The van der Waals surface area contributed by atoms with Gasteiger partial charge in [-0.1, -0.05) is 25.4 Å². The topological polar surface area (TPSA) is 86.8 Å². The van der Waals surface area contributed by atoms with E-state index in [1.54, 1.807) is 43.0 Å². The third-order valence-electron chi connectivity index (χ3n) is 5.80. The Labute approximate surface area is 194 Å². The van der Waals surface area contributed by atoms with Crippen molar-refractivity contribution in [3.63, 3.8) is 0 Å². The molecule has 0 unspecified atom stereocenters. The van der Waals surface area contributed by atoms with E-state index in [9.17, 15) is 18.0 Å². The van der Waals surface area contributed by atoms with Crippen LogP contribution < -0.4 is 10.2 Å². The van der Waals surface area contributed by atoms with E-state index in [0.29, 0.717) is 48.0 Å². The number of carbonyl (C=O) groups is 2. The van der Waals surface area contributed by atoms with Gasteiger partial charge in [0.2, 0.25) is 15.9 Å². The molecule has 1 aliphatic heterocycles. The maximum absolute atomic E-state index is 13.0. The van der Waals surface area contributed by atoms with E-state index in [-0.39, 0.29) is 10.8 Å². The van der Waals surface area contributed by atoms with Crippen molar-refractivity contribution in [2.24, 2.45) is 0 Å². The van der Waals surface area contributed by atoms with Gasteiger partial charge in [-0.05, 0) is 61.7 Å². The Hall–Kier alpha value is -2.42. The zero-order chi connectivity index (χ0) is 23.6. The van der Waals surface area contributed by atoms with Gasteiger partial charge < -0.3 is 10.2 Å². The fourth-order valence-corrected chi connectivity index (χ4v) is 5.57. The second-order valence-corrected chi connectivity index (χ2v) is 10.1. The first-order valence-electron chi connectivity index (χ1n) is 10.6. The van der Waals surface area contributed by atoms with Crippen LogP contribution in [-0.4, -0.2) is 44.2 Å². The van der Waals surface area contributed by atoms with Gasteiger partial charge in [-0.2, -0.15) is 4.31 Å². The lowest BCUT2D eigenvalue weighted by Gasteiger charge is -2.21. The molecule has 1 saturated heterocycles. The molecule has 172 valence electrons. The summed E-state index contributed by atoms with van der Waals surface area (Å²) >= 11 is 6.28. The molecule has 0 radical (unpaired) electrons. The van der Waals surface area contributed by atoms with Crippen molar-refractivity contribution in [3.8, 4) is 0 Å². The van der Waals surface area contributed by atoms with Crippen molar-refractivity contribution in [2.45, 2.75) is 45.4 Å². The van der Waals surface area contributed by atoms with Crippen LogP contribution in [0.25, 0.3) is 0 Å². The first-order chi connectivity index (χ1) is 15.1. The Morgan fingerprint density at radius 3 is 2.44 bits per heavy atom. The fourth-order valence-electron chi connectivity index (χ4n) is 3.78. The Kier molecular flexibility index (Phi) is 7.27. The van der Waals surface area contributed by atoms with Gasteiger partial charge in [-0.3, -0.25) is 9.59 Å². The van der Waals surface area contributed by atoms with Gasteiger partial charge in [0.05, 0.1) is 15.6 Å². The van der Waals surface area contributed by atoms with E-state index < -0.39 is 15.9 Å². The molecular weight excluding hydrogens is 450 g/mol. The highest BCUT2D eigenvalue weighted by atomic mass is 35.5. The van der Waals surface area contributed by atoms with E-state index in [4.69, 9.17) is 11.6 Å². The average Bonchev–Trinajstić information content (AvgIpc) is 3.17. The monoisotopic (exact) mass is 477 g/mol. The lowest BCUT2D eigenvalue weighted by Crippen LogP contribution is -2.30. The number of carbonyl (C=O) groups excluding carboxylic acids is 2. The van der Waals surface area contributed by atoms with Gasteiger partial charge >= 0.3 is 0 Å². The highest BCUT2D eigenvalue weighted by Crippen LogP contribution is 2.31. The van der Waals surface area contributed by atoms with Crippen molar-refractivity contribution in [2.75, 3.05) is 29.9 Å². The molecule has 1 N–H and O–H groups in total. The third-order valence-corrected chi connectivity index (χ3v) is 8.15. The van der Waals surface area contributed by atoms with Gasteiger partial charge in [0.15, 0.2) is 0 Å². The van der Waals surface area contributed by atoms with Crippen LogP contribution in [0.15, 0.2) is 35.2 Å². The smallest absolute Gasteiger partial charge is 0.255 e. The van der Waals surface area contributed by atoms with E-state index in [2.05, 4.69) is 5.32 Å². The van der Waals surface area contributed by atoms with Crippen LogP contribution in [0.3, 0.4) is 0 Å². The van der Waals surface area contributed by atoms with Crippen molar-refractivity contribution in [1.82, 2.24) is 4.31 Å². The number of nitrogens with zero attached hydrogens (tertiary/aromatic N) is 2. The lowest BCUT2D eigenvalue weighted by molar-refractivity contribution is -0.117. The van der Waals surface area contributed by atoms with Gasteiger partial charge in [-0.25, -0.2) is 8.42 Å². The molecule has 0 atom stereocenters. The number of nitrogens with one attached hydrogen (secondary N) is 1. The highest BCUT2D eigenvalue weighted by Gasteiger charge is 2.26. The normalized spacial score (nSPS) is 14.3. The standard InChI is InChI=1S/C23H28ClN3O4S/c1-5-26(6-2)32(30,31)18-12-15(3)16(4)20(14-18)25-23(29)17-9-10-19(24)21(13-17)27-11-7-8-22(27)28/h9-10,12-14H,5-8,11H2,1-4H3,(H,25,29). The first kappa shape index (κ1) is 24.2. The first-order valence-corrected chi connectivity index (χ1v) is 12.4. The number of rotatable bonds is 7. The molecule has 7 nitrogen and oxygen atoms in total. The molecule has 1 aliphatic rings. The minimum atomic E-state index is -3.67. The van der Waals surface area contributed by atoms with Crippen LogP contribution in [-0.2, 0) is 14.8 Å².